The van der Waals surface area contributed by atoms with Crippen LogP contribution in [0.15, 0.2) is 18.2 Å². The van der Waals surface area contributed by atoms with E-state index in [2.05, 4.69) is 9.97 Å². The van der Waals surface area contributed by atoms with Gasteiger partial charge in [-0.2, -0.15) is 0 Å². The molecular weight excluding hydrogens is 272 g/mol. The number of aliphatic hydroxyl groups is 4. The SMILES string of the molecule is CC(O)C(O)C(O)[C@H](O)c1nc2cc(Cl)ccc2[nH]1. The van der Waals surface area contributed by atoms with Crippen molar-refractivity contribution in [3.05, 3.63) is 29.0 Å². The standard InChI is InChI=1S/C12H15ClN2O4/c1-5(16)9(17)10(18)11(19)12-14-7-3-2-6(13)4-8(7)15-12/h2-5,9-11,16-19H,1H3,(H,14,15)/t5?,9?,10?,11-/m0/s1. The summed E-state index contributed by atoms with van der Waals surface area (Å²) in [6, 6.07) is 4.97. The van der Waals surface area contributed by atoms with Crippen LogP contribution in [0.5, 0.6) is 0 Å². The molecule has 0 fully saturated rings. The van der Waals surface area contributed by atoms with Gasteiger partial charge in [-0.15, -0.1) is 0 Å². The highest BCUT2D eigenvalue weighted by atomic mass is 35.5. The highest BCUT2D eigenvalue weighted by Crippen LogP contribution is 2.23. The molecule has 6 nitrogen and oxygen atoms in total. The summed E-state index contributed by atoms with van der Waals surface area (Å²) in [6.45, 7) is 1.32. The Kier molecular flexibility index (Phi) is 4.07. The van der Waals surface area contributed by atoms with Gasteiger partial charge in [0.1, 0.15) is 24.1 Å². The van der Waals surface area contributed by atoms with Crippen molar-refractivity contribution >= 4 is 22.6 Å². The molecule has 0 spiro atoms. The molecule has 0 saturated carbocycles. The lowest BCUT2D eigenvalue weighted by atomic mass is 10.0. The Bertz CT molecular complexity index is 572. The summed E-state index contributed by atoms with van der Waals surface area (Å²) in [5.41, 5.74) is 1.19. The molecule has 0 amide bonds. The van der Waals surface area contributed by atoms with E-state index in [0.29, 0.717) is 16.1 Å². The van der Waals surface area contributed by atoms with Gasteiger partial charge in [0.25, 0.3) is 0 Å². The molecule has 0 radical (unpaired) electrons. The first-order valence-electron chi connectivity index (χ1n) is 5.77. The zero-order valence-electron chi connectivity index (χ0n) is 10.2. The van der Waals surface area contributed by atoms with Crippen LogP contribution in [0, 0.1) is 0 Å². The van der Waals surface area contributed by atoms with Crippen molar-refractivity contribution in [2.24, 2.45) is 0 Å². The predicted molar refractivity (Wildman–Crippen MR) is 69.8 cm³/mol. The molecule has 1 aromatic carbocycles. The van der Waals surface area contributed by atoms with Crippen molar-refractivity contribution in [2.45, 2.75) is 31.3 Å². The number of benzene rings is 1. The average Bonchev–Trinajstić information content (AvgIpc) is 2.78. The van der Waals surface area contributed by atoms with Crippen LogP contribution in [0.2, 0.25) is 5.02 Å². The van der Waals surface area contributed by atoms with Gasteiger partial charge in [0, 0.05) is 5.02 Å². The van der Waals surface area contributed by atoms with E-state index in [1.54, 1.807) is 18.2 Å². The molecule has 0 aliphatic carbocycles. The summed E-state index contributed by atoms with van der Waals surface area (Å²) >= 11 is 5.82. The second-order valence-corrected chi connectivity index (χ2v) is 4.89. The van der Waals surface area contributed by atoms with E-state index in [4.69, 9.17) is 11.6 Å². The molecule has 0 aliphatic heterocycles. The van der Waals surface area contributed by atoms with Crippen molar-refractivity contribution in [1.29, 1.82) is 0 Å². The van der Waals surface area contributed by atoms with E-state index in [9.17, 15) is 20.4 Å². The zero-order chi connectivity index (χ0) is 14.2. The topological polar surface area (TPSA) is 110 Å². The maximum atomic E-state index is 9.93. The fourth-order valence-corrected chi connectivity index (χ4v) is 1.94. The number of fused-ring (bicyclic) bond motifs is 1. The van der Waals surface area contributed by atoms with Gasteiger partial charge in [0.05, 0.1) is 17.1 Å². The summed E-state index contributed by atoms with van der Waals surface area (Å²) in [5.74, 6) is 0.101. The molecule has 4 atom stereocenters. The van der Waals surface area contributed by atoms with Crippen LogP contribution in [-0.4, -0.2) is 48.7 Å². The third-order valence-electron chi connectivity index (χ3n) is 2.91. The van der Waals surface area contributed by atoms with Crippen molar-refractivity contribution in [3.63, 3.8) is 0 Å². The first kappa shape index (κ1) is 14.2. The van der Waals surface area contributed by atoms with Crippen LogP contribution in [-0.2, 0) is 0 Å². The number of hydrogen-bond acceptors (Lipinski definition) is 5. The van der Waals surface area contributed by atoms with Crippen molar-refractivity contribution in [1.82, 2.24) is 9.97 Å². The second kappa shape index (κ2) is 5.44. The van der Waals surface area contributed by atoms with E-state index in [-0.39, 0.29) is 5.82 Å². The van der Waals surface area contributed by atoms with Gasteiger partial charge < -0.3 is 25.4 Å². The lowest BCUT2D eigenvalue weighted by Crippen LogP contribution is -2.39. The number of nitrogens with one attached hydrogen (secondary N) is 1. The van der Waals surface area contributed by atoms with Crippen LogP contribution < -0.4 is 0 Å². The molecule has 1 heterocycles. The van der Waals surface area contributed by atoms with Crippen LogP contribution in [0.4, 0.5) is 0 Å². The maximum absolute atomic E-state index is 9.93. The lowest BCUT2D eigenvalue weighted by Gasteiger charge is -2.23. The Labute approximate surface area is 114 Å². The number of halogens is 1. The molecule has 0 saturated heterocycles. The zero-order valence-corrected chi connectivity index (χ0v) is 10.9. The molecule has 3 unspecified atom stereocenters. The Morgan fingerprint density at radius 2 is 1.84 bits per heavy atom. The monoisotopic (exact) mass is 286 g/mol. The van der Waals surface area contributed by atoms with Crippen LogP contribution in [0.25, 0.3) is 11.0 Å². The summed E-state index contributed by atoms with van der Waals surface area (Å²) < 4.78 is 0. The highest BCUT2D eigenvalue weighted by Gasteiger charge is 2.30. The molecule has 2 rings (SSSR count). The molecule has 7 heteroatoms. The molecule has 1 aromatic heterocycles. The number of rotatable bonds is 4. The van der Waals surface area contributed by atoms with Crippen molar-refractivity contribution in [3.8, 4) is 0 Å². The Hall–Kier alpha value is -1.18. The highest BCUT2D eigenvalue weighted by molar-refractivity contribution is 6.31. The minimum Gasteiger partial charge on any atom is -0.391 e. The fraction of sp³-hybridized carbons (Fsp3) is 0.417. The number of aromatic nitrogens is 2. The normalized spacial score (nSPS) is 18.2. The summed E-state index contributed by atoms with van der Waals surface area (Å²) in [4.78, 5) is 6.92. The largest absolute Gasteiger partial charge is 0.391 e. The average molecular weight is 287 g/mol. The number of imidazole rings is 1. The third kappa shape index (κ3) is 2.88. The minimum atomic E-state index is -1.55. The van der Waals surface area contributed by atoms with Crippen molar-refractivity contribution < 1.29 is 20.4 Å². The van der Waals surface area contributed by atoms with Gasteiger partial charge in [-0.3, -0.25) is 0 Å². The van der Waals surface area contributed by atoms with Gasteiger partial charge in [-0.1, -0.05) is 11.6 Å². The summed E-state index contributed by atoms with van der Waals surface area (Å²) in [5, 5.41) is 38.9. The number of nitrogens with zero attached hydrogens (tertiary/aromatic N) is 1. The Balaban J connectivity index is 2.28. The first-order chi connectivity index (χ1) is 8.90. The van der Waals surface area contributed by atoms with Gasteiger partial charge >= 0.3 is 0 Å². The fourth-order valence-electron chi connectivity index (χ4n) is 1.77. The van der Waals surface area contributed by atoms with E-state index in [0.717, 1.165) is 0 Å². The van der Waals surface area contributed by atoms with E-state index in [1.165, 1.54) is 6.92 Å². The quantitative estimate of drug-likeness (QED) is 0.557. The van der Waals surface area contributed by atoms with E-state index in [1.807, 2.05) is 0 Å². The Morgan fingerprint density at radius 3 is 2.47 bits per heavy atom. The maximum Gasteiger partial charge on any atom is 0.140 e. The summed E-state index contributed by atoms with van der Waals surface area (Å²) in [7, 11) is 0. The molecule has 19 heavy (non-hydrogen) atoms. The third-order valence-corrected chi connectivity index (χ3v) is 3.15. The van der Waals surface area contributed by atoms with Gasteiger partial charge in [0.15, 0.2) is 0 Å². The number of aliphatic hydroxyl groups excluding tert-OH is 4. The van der Waals surface area contributed by atoms with Crippen LogP contribution in [0.1, 0.15) is 18.9 Å². The minimum absolute atomic E-state index is 0.101. The predicted octanol–water partition coefficient (Wildman–Crippen LogP) is 0.352. The van der Waals surface area contributed by atoms with Crippen LogP contribution >= 0.6 is 11.6 Å². The molecule has 5 N–H and O–H groups in total. The van der Waals surface area contributed by atoms with Crippen LogP contribution in [0.3, 0.4) is 0 Å². The Morgan fingerprint density at radius 1 is 1.16 bits per heavy atom. The van der Waals surface area contributed by atoms with Gasteiger partial charge in [-0.05, 0) is 25.1 Å². The smallest absolute Gasteiger partial charge is 0.140 e. The number of aromatic amines is 1. The molecular formula is C12H15ClN2O4. The van der Waals surface area contributed by atoms with E-state index < -0.39 is 24.4 Å². The van der Waals surface area contributed by atoms with Gasteiger partial charge in [0.2, 0.25) is 0 Å². The van der Waals surface area contributed by atoms with Crippen molar-refractivity contribution in [2.75, 3.05) is 0 Å². The molecule has 0 aliphatic rings. The molecule has 0 bridgehead atoms. The second-order valence-electron chi connectivity index (χ2n) is 4.45. The molecule has 104 valence electrons. The molecule has 2 aromatic rings. The van der Waals surface area contributed by atoms with Gasteiger partial charge in [-0.25, -0.2) is 4.98 Å². The number of hydrogen-bond donors (Lipinski definition) is 5. The lowest BCUT2D eigenvalue weighted by molar-refractivity contribution is -0.103. The first-order valence-corrected chi connectivity index (χ1v) is 6.15. The number of H-pyrrole nitrogens is 1. The summed E-state index contributed by atoms with van der Waals surface area (Å²) in [6.07, 6.45) is -5.61. The van der Waals surface area contributed by atoms with E-state index >= 15 is 0 Å².